The highest BCUT2D eigenvalue weighted by Crippen LogP contribution is 2.37. The molecule has 35 heavy (non-hydrogen) atoms. The van der Waals surface area contributed by atoms with Gasteiger partial charge in [-0.3, -0.25) is 14.1 Å². The number of imidazole rings is 1. The maximum Gasteiger partial charge on any atom is 0.420 e. The number of pyridine rings is 1. The molecule has 2 amide bonds. The SMILES string of the molecule is C[C@@H]1OC(=O)N(C2CCN(C(=O)c3nc4c(C(F)(F)F)cc(-c5ccoc5)cn4c3Cl)CC2)C1O. The van der Waals surface area contributed by atoms with Gasteiger partial charge >= 0.3 is 12.3 Å². The number of aromatic nitrogens is 2. The number of hydrogen-bond donors (Lipinski definition) is 1. The molecule has 2 fully saturated rings. The fourth-order valence-electron chi connectivity index (χ4n) is 4.53. The van der Waals surface area contributed by atoms with E-state index >= 15 is 0 Å². The average molecular weight is 513 g/mol. The highest BCUT2D eigenvalue weighted by atomic mass is 35.5. The molecule has 2 aliphatic heterocycles. The van der Waals surface area contributed by atoms with Crippen molar-refractivity contribution in [2.24, 2.45) is 0 Å². The molecule has 0 radical (unpaired) electrons. The van der Waals surface area contributed by atoms with Crippen molar-refractivity contribution in [2.75, 3.05) is 13.1 Å². The minimum absolute atomic E-state index is 0.197. The topological polar surface area (TPSA) is 101 Å². The molecule has 1 N–H and O–H groups in total. The number of aliphatic hydroxyl groups is 1. The van der Waals surface area contributed by atoms with Crippen LogP contribution in [0.4, 0.5) is 18.0 Å². The number of rotatable bonds is 3. The number of nitrogens with zero attached hydrogens (tertiary/aromatic N) is 4. The van der Waals surface area contributed by atoms with Crippen molar-refractivity contribution in [3.05, 3.63) is 47.3 Å². The molecule has 2 atom stereocenters. The molecule has 0 aliphatic carbocycles. The van der Waals surface area contributed by atoms with Crippen LogP contribution in [0.3, 0.4) is 0 Å². The normalized spacial score (nSPS) is 21.7. The maximum atomic E-state index is 13.8. The van der Waals surface area contributed by atoms with Crippen molar-refractivity contribution in [2.45, 2.75) is 44.3 Å². The molecule has 2 aliphatic rings. The lowest BCUT2D eigenvalue weighted by Crippen LogP contribution is -2.50. The van der Waals surface area contributed by atoms with Gasteiger partial charge in [-0.05, 0) is 31.9 Å². The van der Waals surface area contributed by atoms with Crippen molar-refractivity contribution in [3.63, 3.8) is 0 Å². The molecular formula is C22H20ClF3N4O5. The van der Waals surface area contributed by atoms with E-state index in [9.17, 15) is 27.9 Å². The molecular weight excluding hydrogens is 493 g/mol. The van der Waals surface area contributed by atoms with E-state index in [1.54, 1.807) is 6.92 Å². The molecule has 5 rings (SSSR count). The van der Waals surface area contributed by atoms with Crippen LogP contribution in [0.5, 0.6) is 0 Å². The predicted octanol–water partition coefficient (Wildman–Crippen LogP) is 4.03. The van der Waals surface area contributed by atoms with E-state index in [0.717, 1.165) is 10.5 Å². The molecule has 3 aromatic rings. The Morgan fingerprint density at radius 1 is 1.26 bits per heavy atom. The minimum atomic E-state index is -4.74. The molecule has 2 saturated heterocycles. The summed E-state index contributed by atoms with van der Waals surface area (Å²) in [7, 11) is 0. The summed E-state index contributed by atoms with van der Waals surface area (Å²) in [6.45, 7) is 1.98. The van der Waals surface area contributed by atoms with Gasteiger partial charge < -0.3 is 19.2 Å². The zero-order chi connectivity index (χ0) is 25.1. The number of carbonyl (C=O) groups is 2. The Morgan fingerprint density at radius 2 is 1.97 bits per heavy atom. The van der Waals surface area contributed by atoms with E-state index in [4.69, 9.17) is 20.8 Å². The number of hydrogen-bond acceptors (Lipinski definition) is 6. The highest BCUT2D eigenvalue weighted by molar-refractivity contribution is 6.33. The molecule has 13 heteroatoms. The van der Waals surface area contributed by atoms with Gasteiger partial charge in [0.15, 0.2) is 17.6 Å². The first-order chi connectivity index (χ1) is 16.6. The molecule has 186 valence electrons. The Bertz CT molecular complexity index is 1280. The Labute approximate surface area is 201 Å². The Balaban J connectivity index is 1.43. The lowest BCUT2D eigenvalue weighted by Gasteiger charge is -2.36. The average Bonchev–Trinajstić information content (AvgIpc) is 3.52. The van der Waals surface area contributed by atoms with Crippen LogP contribution in [0, 0.1) is 0 Å². The number of alkyl halides is 3. The number of ether oxygens (including phenoxy) is 1. The number of aliphatic hydroxyl groups excluding tert-OH is 1. The van der Waals surface area contributed by atoms with Gasteiger partial charge in [0.25, 0.3) is 5.91 Å². The van der Waals surface area contributed by atoms with Gasteiger partial charge in [0.2, 0.25) is 0 Å². The molecule has 0 spiro atoms. The zero-order valence-corrected chi connectivity index (χ0v) is 19.1. The number of likely N-dealkylation sites (tertiary alicyclic amines) is 1. The minimum Gasteiger partial charge on any atom is -0.472 e. The van der Waals surface area contributed by atoms with Gasteiger partial charge in [0.05, 0.1) is 18.1 Å². The van der Waals surface area contributed by atoms with Crippen molar-refractivity contribution in [1.82, 2.24) is 19.2 Å². The van der Waals surface area contributed by atoms with Gasteiger partial charge in [-0.1, -0.05) is 11.6 Å². The van der Waals surface area contributed by atoms with Gasteiger partial charge in [-0.2, -0.15) is 13.2 Å². The van der Waals surface area contributed by atoms with Gasteiger partial charge in [-0.15, -0.1) is 0 Å². The van der Waals surface area contributed by atoms with Crippen molar-refractivity contribution in [1.29, 1.82) is 0 Å². The van der Waals surface area contributed by atoms with Crippen LogP contribution in [0.25, 0.3) is 16.8 Å². The van der Waals surface area contributed by atoms with Crippen LogP contribution >= 0.6 is 11.6 Å². The number of furan rings is 1. The smallest absolute Gasteiger partial charge is 0.420 e. The van der Waals surface area contributed by atoms with Crippen molar-refractivity contribution < 1.29 is 37.0 Å². The van der Waals surface area contributed by atoms with Crippen LogP contribution in [-0.4, -0.2) is 67.8 Å². The fourth-order valence-corrected chi connectivity index (χ4v) is 4.78. The summed E-state index contributed by atoms with van der Waals surface area (Å²) >= 11 is 6.37. The first-order valence-corrected chi connectivity index (χ1v) is 11.2. The van der Waals surface area contributed by atoms with E-state index in [1.165, 1.54) is 34.6 Å². The fraction of sp³-hybridized carbons (Fsp3) is 0.409. The Hall–Kier alpha value is -3.25. The summed E-state index contributed by atoms with van der Waals surface area (Å²) in [5.74, 6) is -0.618. The summed E-state index contributed by atoms with van der Waals surface area (Å²) in [5, 5.41) is 9.96. The molecule has 0 bridgehead atoms. The van der Waals surface area contributed by atoms with Crippen LogP contribution in [-0.2, 0) is 10.9 Å². The summed E-state index contributed by atoms with van der Waals surface area (Å²) in [4.78, 5) is 31.9. The van der Waals surface area contributed by atoms with E-state index in [-0.39, 0.29) is 35.5 Å². The predicted molar refractivity (Wildman–Crippen MR) is 116 cm³/mol. The largest absolute Gasteiger partial charge is 0.472 e. The third kappa shape index (κ3) is 4.00. The lowest BCUT2D eigenvalue weighted by molar-refractivity contribution is -0.136. The molecule has 5 heterocycles. The molecule has 3 aromatic heterocycles. The first-order valence-electron chi connectivity index (χ1n) is 10.8. The highest BCUT2D eigenvalue weighted by Gasteiger charge is 2.43. The first kappa shape index (κ1) is 23.5. The lowest BCUT2D eigenvalue weighted by atomic mass is 10.0. The number of cyclic esters (lactones) is 1. The summed E-state index contributed by atoms with van der Waals surface area (Å²) in [6, 6.07) is 2.11. The number of fused-ring (bicyclic) bond motifs is 1. The third-order valence-corrected chi connectivity index (χ3v) is 6.73. The molecule has 9 nitrogen and oxygen atoms in total. The van der Waals surface area contributed by atoms with E-state index in [2.05, 4.69) is 4.98 Å². The third-order valence-electron chi connectivity index (χ3n) is 6.37. The monoisotopic (exact) mass is 512 g/mol. The Kier molecular flexibility index (Phi) is 5.67. The van der Waals surface area contributed by atoms with Crippen LogP contribution in [0.1, 0.15) is 35.8 Å². The number of piperidine rings is 1. The zero-order valence-electron chi connectivity index (χ0n) is 18.3. The summed E-state index contributed by atoms with van der Waals surface area (Å²) in [5.41, 5.74) is -1.21. The summed E-state index contributed by atoms with van der Waals surface area (Å²) < 4.78 is 52.6. The number of amides is 2. The van der Waals surface area contributed by atoms with E-state index in [0.29, 0.717) is 18.4 Å². The van der Waals surface area contributed by atoms with Gasteiger partial charge in [0.1, 0.15) is 11.3 Å². The molecule has 0 saturated carbocycles. The number of halogens is 4. The number of carbonyl (C=O) groups excluding carboxylic acids is 2. The second-order valence-corrected chi connectivity index (χ2v) is 8.89. The summed E-state index contributed by atoms with van der Waals surface area (Å²) in [6.07, 6.45) is -2.38. The van der Waals surface area contributed by atoms with E-state index < -0.39 is 41.7 Å². The van der Waals surface area contributed by atoms with Crippen molar-refractivity contribution >= 4 is 29.2 Å². The van der Waals surface area contributed by atoms with Crippen LogP contribution in [0.15, 0.2) is 35.3 Å². The van der Waals surface area contributed by atoms with E-state index in [1.807, 2.05) is 0 Å². The second kappa shape index (κ2) is 8.45. The second-order valence-electron chi connectivity index (χ2n) is 8.53. The van der Waals surface area contributed by atoms with Crippen LogP contribution in [0.2, 0.25) is 5.15 Å². The van der Waals surface area contributed by atoms with Gasteiger partial charge in [0, 0.05) is 36.5 Å². The Morgan fingerprint density at radius 3 is 2.54 bits per heavy atom. The van der Waals surface area contributed by atoms with Gasteiger partial charge in [-0.25, -0.2) is 9.78 Å². The quantitative estimate of drug-likeness (QED) is 0.569. The molecule has 0 aromatic carbocycles. The molecule has 1 unspecified atom stereocenters. The van der Waals surface area contributed by atoms with Crippen molar-refractivity contribution in [3.8, 4) is 11.1 Å². The maximum absolute atomic E-state index is 13.8. The van der Waals surface area contributed by atoms with Crippen LogP contribution < -0.4 is 0 Å². The standard InChI is InChI=1S/C22H20ClF3N4O5/c1-11-19(31)30(21(33)35-11)14-2-5-28(6-3-14)20(32)16-17(23)29-9-13(12-4-7-34-10-12)8-15(18(29)27-16)22(24,25)26/h4,7-11,14,19,31H,2-3,5-6H2,1H3/t11-,19?/m0/s1.